The number of rotatable bonds is 4. The topological polar surface area (TPSA) is 42.4 Å². The van der Waals surface area contributed by atoms with Gasteiger partial charge in [-0.25, -0.2) is 0 Å². The quantitative estimate of drug-likeness (QED) is 0.522. The maximum Gasteiger partial charge on any atom is 0.272 e. The van der Waals surface area contributed by atoms with Crippen molar-refractivity contribution in [1.82, 2.24) is 9.88 Å². The molecule has 1 amide bonds. The van der Waals surface area contributed by atoms with Crippen LogP contribution in [-0.4, -0.2) is 35.0 Å². The van der Waals surface area contributed by atoms with Crippen molar-refractivity contribution < 1.29 is 9.53 Å². The van der Waals surface area contributed by atoms with E-state index in [1.54, 1.807) is 12.3 Å². The van der Waals surface area contributed by atoms with E-state index in [0.29, 0.717) is 23.8 Å². The van der Waals surface area contributed by atoms with Crippen molar-refractivity contribution in [3.63, 3.8) is 0 Å². The van der Waals surface area contributed by atoms with Crippen LogP contribution in [-0.2, 0) is 0 Å². The van der Waals surface area contributed by atoms with Gasteiger partial charge in [0.15, 0.2) is 0 Å². The molecule has 28 heavy (non-hydrogen) atoms. The Labute approximate surface area is 177 Å². The van der Waals surface area contributed by atoms with Crippen LogP contribution in [0.5, 0.6) is 5.75 Å². The molecule has 1 saturated heterocycles. The second-order valence-electron chi connectivity index (χ2n) is 6.60. The first-order chi connectivity index (χ1) is 13.6. The number of hydrogen-bond acceptors (Lipinski definition) is 4. The van der Waals surface area contributed by atoms with Crippen LogP contribution in [0.1, 0.15) is 23.3 Å². The zero-order chi connectivity index (χ0) is 19.5. The first-order valence-corrected chi connectivity index (χ1v) is 10.6. The molecule has 7 heteroatoms. The van der Waals surface area contributed by atoms with Crippen LogP contribution in [0.25, 0.3) is 10.4 Å². The Bertz CT molecular complexity index is 949. The van der Waals surface area contributed by atoms with Crippen molar-refractivity contribution in [3.8, 4) is 16.2 Å². The van der Waals surface area contributed by atoms with Crippen molar-refractivity contribution >= 4 is 40.4 Å². The molecule has 0 atom stereocenters. The summed E-state index contributed by atoms with van der Waals surface area (Å²) in [7, 11) is 0. The van der Waals surface area contributed by atoms with Crippen LogP contribution in [0.15, 0.2) is 54.7 Å². The number of thiophene rings is 1. The number of carbonyl (C=O) groups excluding carboxylic acids is 1. The number of aromatic nitrogens is 1. The SMILES string of the molecule is O=C(c1ccc(-c2ccc(Cl)s2)cn1)N1CCC(Oc2ccc(Cl)cc2)CC1. The Morgan fingerprint density at radius 2 is 1.79 bits per heavy atom. The van der Waals surface area contributed by atoms with Gasteiger partial charge in [0.2, 0.25) is 0 Å². The molecule has 4 nitrogen and oxygen atoms in total. The van der Waals surface area contributed by atoms with Crippen LogP contribution in [0, 0.1) is 0 Å². The average molecular weight is 433 g/mol. The molecule has 0 spiro atoms. The van der Waals surface area contributed by atoms with Crippen LogP contribution >= 0.6 is 34.5 Å². The molecule has 3 aromatic rings. The first-order valence-electron chi connectivity index (χ1n) is 9.02. The van der Waals surface area contributed by atoms with Gasteiger partial charge in [0.05, 0.1) is 4.34 Å². The second kappa shape index (κ2) is 8.52. The third-order valence-electron chi connectivity index (χ3n) is 4.69. The number of likely N-dealkylation sites (tertiary alicyclic amines) is 1. The zero-order valence-corrected chi connectivity index (χ0v) is 17.3. The first kappa shape index (κ1) is 19.2. The summed E-state index contributed by atoms with van der Waals surface area (Å²) in [6.45, 7) is 1.31. The number of ether oxygens (including phenoxy) is 1. The Kier molecular flexibility index (Phi) is 5.85. The number of pyridine rings is 1. The van der Waals surface area contributed by atoms with Crippen molar-refractivity contribution in [3.05, 3.63) is 69.8 Å². The Hall–Kier alpha value is -2.08. The number of amides is 1. The second-order valence-corrected chi connectivity index (χ2v) is 8.75. The molecular weight excluding hydrogens is 415 g/mol. The van der Waals surface area contributed by atoms with E-state index in [1.807, 2.05) is 47.4 Å². The third-order valence-corrected chi connectivity index (χ3v) is 6.22. The zero-order valence-electron chi connectivity index (χ0n) is 15.0. The summed E-state index contributed by atoms with van der Waals surface area (Å²) in [4.78, 5) is 20.0. The summed E-state index contributed by atoms with van der Waals surface area (Å²) in [5, 5.41) is 0.688. The molecule has 3 heterocycles. The lowest BCUT2D eigenvalue weighted by molar-refractivity contribution is 0.0590. The summed E-state index contributed by atoms with van der Waals surface area (Å²) in [6, 6.07) is 14.9. The highest BCUT2D eigenvalue weighted by atomic mass is 35.5. The minimum Gasteiger partial charge on any atom is -0.490 e. The molecule has 4 rings (SSSR count). The monoisotopic (exact) mass is 432 g/mol. The van der Waals surface area contributed by atoms with Crippen molar-refractivity contribution in [2.24, 2.45) is 0 Å². The lowest BCUT2D eigenvalue weighted by Crippen LogP contribution is -2.42. The van der Waals surface area contributed by atoms with Gasteiger partial charge < -0.3 is 9.64 Å². The number of halogens is 2. The van der Waals surface area contributed by atoms with Gasteiger partial charge >= 0.3 is 0 Å². The maximum atomic E-state index is 12.7. The van der Waals surface area contributed by atoms with Crippen molar-refractivity contribution in [1.29, 1.82) is 0 Å². The molecule has 1 aliphatic rings. The molecular formula is C21H18Cl2N2O2S. The van der Waals surface area contributed by atoms with E-state index in [0.717, 1.165) is 33.4 Å². The van der Waals surface area contributed by atoms with E-state index in [9.17, 15) is 4.79 Å². The molecule has 1 fully saturated rings. The largest absolute Gasteiger partial charge is 0.490 e. The van der Waals surface area contributed by atoms with E-state index in [1.165, 1.54) is 11.3 Å². The van der Waals surface area contributed by atoms with E-state index >= 15 is 0 Å². The van der Waals surface area contributed by atoms with Crippen LogP contribution in [0.3, 0.4) is 0 Å². The number of benzene rings is 1. The Balaban J connectivity index is 1.34. The fourth-order valence-electron chi connectivity index (χ4n) is 3.18. The lowest BCUT2D eigenvalue weighted by atomic mass is 10.1. The van der Waals surface area contributed by atoms with Crippen molar-refractivity contribution in [2.75, 3.05) is 13.1 Å². The average Bonchev–Trinajstić information content (AvgIpc) is 3.16. The normalized spacial score (nSPS) is 14.9. The van der Waals surface area contributed by atoms with Gasteiger partial charge in [0.25, 0.3) is 5.91 Å². The van der Waals surface area contributed by atoms with E-state index in [4.69, 9.17) is 27.9 Å². The van der Waals surface area contributed by atoms with Gasteiger partial charge in [-0.15, -0.1) is 11.3 Å². The molecule has 144 valence electrons. The molecule has 0 bridgehead atoms. The summed E-state index contributed by atoms with van der Waals surface area (Å²) >= 11 is 13.4. The van der Waals surface area contributed by atoms with E-state index in [-0.39, 0.29) is 12.0 Å². The van der Waals surface area contributed by atoms with E-state index in [2.05, 4.69) is 4.98 Å². The van der Waals surface area contributed by atoms with Gasteiger partial charge in [-0.05, 0) is 48.5 Å². The number of nitrogens with zero attached hydrogens (tertiary/aromatic N) is 2. The fourth-order valence-corrected chi connectivity index (χ4v) is 4.34. The minimum absolute atomic E-state index is 0.0410. The summed E-state index contributed by atoms with van der Waals surface area (Å²) in [5.41, 5.74) is 1.42. The molecule has 0 aliphatic carbocycles. The summed E-state index contributed by atoms with van der Waals surface area (Å²) < 4.78 is 6.72. The Morgan fingerprint density at radius 3 is 2.39 bits per heavy atom. The standard InChI is InChI=1S/C21H18Cl2N2O2S/c22-15-2-4-16(5-3-15)27-17-9-11-25(12-10-17)21(26)18-6-1-14(13-24-18)19-7-8-20(23)28-19/h1-8,13,17H,9-12H2. The van der Waals surface area contributed by atoms with Gasteiger partial charge in [-0.3, -0.25) is 9.78 Å². The van der Waals surface area contributed by atoms with Crippen LogP contribution < -0.4 is 4.74 Å². The molecule has 1 aliphatic heterocycles. The molecule has 0 N–H and O–H groups in total. The highest BCUT2D eigenvalue weighted by Gasteiger charge is 2.25. The van der Waals surface area contributed by atoms with Gasteiger partial charge in [-0.2, -0.15) is 0 Å². The highest BCUT2D eigenvalue weighted by molar-refractivity contribution is 7.19. The fraction of sp³-hybridized carbons (Fsp3) is 0.238. The number of piperidine rings is 1. The van der Waals surface area contributed by atoms with Crippen molar-refractivity contribution in [2.45, 2.75) is 18.9 Å². The van der Waals surface area contributed by atoms with Crippen LogP contribution in [0.2, 0.25) is 9.36 Å². The molecule has 0 saturated carbocycles. The van der Waals surface area contributed by atoms with Gasteiger partial charge in [0.1, 0.15) is 17.5 Å². The number of hydrogen-bond donors (Lipinski definition) is 0. The highest BCUT2D eigenvalue weighted by Crippen LogP contribution is 2.30. The molecule has 1 aromatic carbocycles. The van der Waals surface area contributed by atoms with Gasteiger partial charge in [0, 0.05) is 47.6 Å². The van der Waals surface area contributed by atoms with Crippen LogP contribution in [0.4, 0.5) is 0 Å². The van der Waals surface area contributed by atoms with E-state index < -0.39 is 0 Å². The molecule has 2 aromatic heterocycles. The predicted octanol–water partition coefficient (Wildman–Crippen LogP) is 5.80. The summed E-state index contributed by atoms with van der Waals surface area (Å²) in [5.74, 6) is 0.765. The lowest BCUT2D eigenvalue weighted by Gasteiger charge is -2.32. The molecule has 0 radical (unpaired) electrons. The summed E-state index contributed by atoms with van der Waals surface area (Å²) in [6.07, 6.45) is 3.41. The molecule has 0 unspecified atom stereocenters. The minimum atomic E-state index is -0.0410. The number of carbonyl (C=O) groups is 1. The Morgan fingerprint density at radius 1 is 1.04 bits per heavy atom. The third kappa shape index (κ3) is 4.49. The predicted molar refractivity (Wildman–Crippen MR) is 114 cm³/mol. The van der Waals surface area contributed by atoms with Gasteiger partial charge in [-0.1, -0.05) is 23.2 Å². The maximum absolute atomic E-state index is 12.7. The smallest absolute Gasteiger partial charge is 0.272 e.